The summed E-state index contributed by atoms with van der Waals surface area (Å²) < 4.78 is 5.52. The van der Waals surface area contributed by atoms with Crippen molar-refractivity contribution in [3.05, 3.63) is 88.9 Å². The fourth-order valence-corrected chi connectivity index (χ4v) is 2.67. The third kappa shape index (κ3) is 5.43. The highest BCUT2D eigenvalue weighted by atomic mass is 35.5. The number of benzene rings is 3. The summed E-state index contributed by atoms with van der Waals surface area (Å²) in [6.07, 6.45) is 1.75. The van der Waals surface area contributed by atoms with Crippen LogP contribution in [-0.2, 0) is 4.79 Å². The molecule has 5 heteroatoms. The van der Waals surface area contributed by atoms with Crippen LogP contribution in [0.1, 0.15) is 11.1 Å². The number of amides is 1. The van der Waals surface area contributed by atoms with Gasteiger partial charge in [0.05, 0.1) is 10.7 Å². The molecule has 0 fully saturated rings. The summed E-state index contributed by atoms with van der Waals surface area (Å²) in [6.45, 7) is 1.89. The van der Waals surface area contributed by atoms with Gasteiger partial charge in [-0.2, -0.15) is 0 Å². The zero-order valence-corrected chi connectivity index (χ0v) is 15.6. The minimum absolute atomic E-state index is 0.120. The van der Waals surface area contributed by atoms with Crippen molar-refractivity contribution < 1.29 is 9.53 Å². The number of nitrogens with zero attached hydrogens (tertiary/aromatic N) is 1. The zero-order chi connectivity index (χ0) is 19.1. The lowest BCUT2D eigenvalue weighted by Crippen LogP contribution is -2.20. The molecule has 27 heavy (non-hydrogen) atoms. The van der Waals surface area contributed by atoms with Gasteiger partial charge in [0.15, 0.2) is 6.61 Å². The number of hydrogen-bond acceptors (Lipinski definition) is 3. The molecule has 0 saturated carbocycles. The standard InChI is InChI=1S/C22H19ClN2O2/c1-16-7-5-6-10-20(16)24-14-17-11-12-21(19(23)13-17)27-15-22(26)25-18-8-3-2-4-9-18/h2-14H,15H2,1H3,(H,25,26). The van der Waals surface area contributed by atoms with Crippen LogP contribution in [0.5, 0.6) is 5.75 Å². The summed E-state index contributed by atoms with van der Waals surface area (Å²) in [6, 6.07) is 22.4. The van der Waals surface area contributed by atoms with Crippen molar-refractivity contribution in [1.29, 1.82) is 0 Å². The van der Waals surface area contributed by atoms with Crippen LogP contribution >= 0.6 is 11.6 Å². The number of hydrogen-bond donors (Lipinski definition) is 1. The van der Waals surface area contributed by atoms with E-state index in [9.17, 15) is 4.79 Å². The summed E-state index contributed by atoms with van der Waals surface area (Å²) in [5.41, 5.74) is 3.58. The van der Waals surface area contributed by atoms with Gasteiger partial charge < -0.3 is 10.1 Å². The van der Waals surface area contributed by atoms with Crippen LogP contribution in [0.2, 0.25) is 5.02 Å². The minimum Gasteiger partial charge on any atom is -0.482 e. The largest absolute Gasteiger partial charge is 0.482 e. The Balaban J connectivity index is 1.60. The average Bonchev–Trinajstić information content (AvgIpc) is 2.67. The molecule has 0 bridgehead atoms. The first-order chi connectivity index (χ1) is 13.1. The number of carbonyl (C=O) groups excluding carboxylic acids is 1. The lowest BCUT2D eigenvalue weighted by atomic mass is 10.2. The van der Waals surface area contributed by atoms with E-state index in [1.165, 1.54) is 0 Å². The van der Waals surface area contributed by atoms with Crippen molar-refractivity contribution in [3.8, 4) is 5.75 Å². The highest BCUT2D eigenvalue weighted by Crippen LogP contribution is 2.25. The molecule has 0 aliphatic heterocycles. The summed E-state index contributed by atoms with van der Waals surface area (Å²) in [4.78, 5) is 16.4. The first-order valence-corrected chi connectivity index (χ1v) is 8.86. The van der Waals surface area contributed by atoms with Crippen LogP contribution in [0.4, 0.5) is 11.4 Å². The van der Waals surface area contributed by atoms with Gasteiger partial charge in [-0.05, 0) is 54.4 Å². The van der Waals surface area contributed by atoms with E-state index in [0.29, 0.717) is 10.8 Å². The number of anilines is 1. The lowest BCUT2D eigenvalue weighted by molar-refractivity contribution is -0.118. The number of para-hydroxylation sites is 2. The highest BCUT2D eigenvalue weighted by Gasteiger charge is 2.07. The van der Waals surface area contributed by atoms with E-state index in [0.717, 1.165) is 22.5 Å². The number of aliphatic imine (C=N–C) groups is 1. The van der Waals surface area contributed by atoms with Gasteiger partial charge in [-0.3, -0.25) is 9.79 Å². The Morgan fingerprint density at radius 1 is 1.07 bits per heavy atom. The molecule has 0 spiro atoms. The van der Waals surface area contributed by atoms with Gasteiger partial charge in [0.2, 0.25) is 0 Å². The normalized spacial score (nSPS) is 10.7. The average molecular weight is 379 g/mol. The summed E-state index contributed by atoms with van der Waals surface area (Å²) in [5.74, 6) is 0.204. The molecule has 0 saturated heterocycles. The quantitative estimate of drug-likeness (QED) is 0.582. The molecule has 0 atom stereocenters. The van der Waals surface area contributed by atoms with Gasteiger partial charge in [0.1, 0.15) is 5.75 Å². The molecule has 3 aromatic carbocycles. The second-order valence-corrected chi connectivity index (χ2v) is 6.34. The maximum atomic E-state index is 12.0. The van der Waals surface area contributed by atoms with Crippen LogP contribution in [0.25, 0.3) is 0 Å². The predicted molar refractivity (Wildman–Crippen MR) is 110 cm³/mol. The summed E-state index contributed by atoms with van der Waals surface area (Å²) >= 11 is 6.27. The van der Waals surface area contributed by atoms with E-state index >= 15 is 0 Å². The first-order valence-electron chi connectivity index (χ1n) is 8.49. The van der Waals surface area contributed by atoms with Crippen LogP contribution in [0.15, 0.2) is 77.8 Å². The van der Waals surface area contributed by atoms with Crippen molar-refractivity contribution in [3.63, 3.8) is 0 Å². The molecule has 0 unspecified atom stereocenters. The van der Waals surface area contributed by atoms with E-state index in [4.69, 9.17) is 16.3 Å². The molecule has 3 aromatic rings. The Bertz CT molecular complexity index is 956. The number of ether oxygens (including phenoxy) is 1. The second-order valence-electron chi connectivity index (χ2n) is 5.94. The van der Waals surface area contributed by atoms with Crippen molar-refractivity contribution in [2.24, 2.45) is 4.99 Å². The summed E-state index contributed by atoms with van der Waals surface area (Å²) in [5, 5.41) is 3.19. The third-order valence-electron chi connectivity index (χ3n) is 3.84. The fourth-order valence-electron chi connectivity index (χ4n) is 2.43. The SMILES string of the molecule is Cc1ccccc1N=Cc1ccc(OCC(=O)Nc2ccccc2)c(Cl)c1. The van der Waals surface area contributed by atoms with Crippen molar-refractivity contribution in [2.75, 3.05) is 11.9 Å². The molecule has 4 nitrogen and oxygen atoms in total. The lowest BCUT2D eigenvalue weighted by Gasteiger charge is -2.09. The Morgan fingerprint density at radius 3 is 2.56 bits per heavy atom. The Morgan fingerprint density at radius 2 is 1.81 bits per heavy atom. The monoisotopic (exact) mass is 378 g/mol. The van der Waals surface area contributed by atoms with Crippen LogP contribution in [0, 0.1) is 6.92 Å². The molecule has 0 heterocycles. The molecule has 0 aliphatic carbocycles. The maximum Gasteiger partial charge on any atom is 0.262 e. The van der Waals surface area contributed by atoms with Gasteiger partial charge in [-0.15, -0.1) is 0 Å². The molecule has 0 aliphatic rings. The number of rotatable bonds is 6. The maximum absolute atomic E-state index is 12.0. The number of halogens is 1. The van der Waals surface area contributed by atoms with Gasteiger partial charge >= 0.3 is 0 Å². The van der Waals surface area contributed by atoms with Crippen molar-refractivity contribution in [1.82, 2.24) is 0 Å². The van der Waals surface area contributed by atoms with Crippen molar-refractivity contribution >= 4 is 35.1 Å². The molecule has 0 radical (unpaired) electrons. The van der Waals surface area contributed by atoms with E-state index in [1.807, 2.05) is 67.6 Å². The highest BCUT2D eigenvalue weighted by molar-refractivity contribution is 6.32. The fraction of sp³-hybridized carbons (Fsp3) is 0.0909. The molecular formula is C22H19ClN2O2. The van der Waals surface area contributed by atoms with Crippen LogP contribution < -0.4 is 10.1 Å². The zero-order valence-electron chi connectivity index (χ0n) is 14.9. The van der Waals surface area contributed by atoms with Gasteiger partial charge in [-0.25, -0.2) is 0 Å². The van der Waals surface area contributed by atoms with Gasteiger partial charge in [0, 0.05) is 11.9 Å². The van der Waals surface area contributed by atoms with Gasteiger partial charge in [0.25, 0.3) is 5.91 Å². The molecule has 1 amide bonds. The molecule has 136 valence electrons. The summed E-state index contributed by atoms with van der Waals surface area (Å²) in [7, 11) is 0. The predicted octanol–water partition coefficient (Wildman–Crippen LogP) is 5.42. The molecule has 0 aromatic heterocycles. The van der Waals surface area contributed by atoms with Gasteiger partial charge in [-0.1, -0.05) is 48.0 Å². The number of nitrogens with one attached hydrogen (secondary N) is 1. The number of aryl methyl sites for hydroxylation is 1. The molecular weight excluding hydrogens is 360 g/mol. The molecule has 1 N–H and O–H groups in total. The van der Waals surface area contributed by atoms with Crippen LogP contribution in [-0.4, -0.2) is 18.7 Å². The second kappa shape index (κ2) is 9.01. The van der Waals surface area contributed by atoms with E-state index in [2.05, 4.69) is 10.3 Å². The van der Waals surface area contributed by atoms with Crippen LogP contribution in [0.3, 0.4) is 0 Å². The van der Waals surface area contributed by atoms with Crippen molar-refractivity contribution in [2.45, 2.75) is 6.92 Å². The van der Waals surface area contributed by atoms with E-state index in [-0.39, 0.29) is 12.5 Å². The van der Waals surface area contributed by atoms with E-state index in [1.54, 1.807) is 18.3 Å². The Labute approximate surface area is 163 Å². The minimum atomic E-state index is -0.248. The number of carbonyl (C=O) groups is 1. The Hall–Kier alpha value is -3.11. The van der Waals surface area contributed by atoms with E-state index < -0.39 is 0 Å². The smallest absolute Gasteiger partial charge is 0.262 e. The Kier molecular flexibility index (Phi) is 6.23. The molecule has 3 rings (SSSR count). The third-order valence-corrected chi connectivity index (χ3v) is 4.14. The first kappa shape index (κ1) is 18.7. The topological polar surface area (TPSA) is 50.7 Å².